The summed E-state index contributed by atoms with van der Waals surface area (Å²) in [5.41, 5.74) is 2.35. The lowest BCUT2D eigenvalue weighted by Gasteiger charge is -2.17. The number of guanidine groups is 1. The molecule has 3 rings (SSSR count). The van der Waals surface area contributed by atoms with Gasteiger partial charge in [-0.15, -0.1) is 11.3 Å². The van der Waals surface area contributed by atoms with Crippen LogP contribution < -0.4 is 15.5 Å². The third kappa shape index (κ3) is 5.10. The minimum atomic E-state index is 0.204. The van der Waals surface area contributed by atoms with Crippen molar-refractivity contribution in [1.82, 2.24) is 10.6 Å². The van der Waals surface area contributed by atoms with E-state index in [9.17, 15) is 4.79 Å². The molecule has 0 saturated carbocycles. The normalized spacial score (nSPS) is 13.6. The van der Waals surface area contributed by atoms with E-state index >= 15 is 0 Å². The van der Waals surface area contributed by atoms with E-state index in [4.69, 9.17) is 0 Å². The molecule has 1 aromatic carbocycles. The summed E-state index contributed by atoms with van der Waals surface area (Å²) in [6, 6.07) is 12.5. The highest BCUT2D eigenvalue weighted by atomic mass is 32.1. The molecular weight excluding hydrogens is 356 g/mol. The number of carbonyl (C=O) groups is 1. The van der Waals surface area contributed by atoms with Crippen molar-refractivity contribution in [3.8, 4) is 0 Å². The maximum Gasteiger partial charge on any atom is 0.227 e. The maximum atomic E-state index is 12.5. The van der Waals surface area contributed by atoms with E-state index in [0.717, 1.165) is 50.5 Å². The second-order valence-electron chi connectivity index (χ2n) is 6.60. The molecule has 0 bridgehead atoms. The maximum absolute atomic E-state index is 12.5. The Hall–Kier alpha value is -2.34. The van der Waals surface area contributed by atoms with Gasteiger partial charge in [0.05, 0.1) is 6.54 Å². The van der Waals surface area contributed by atoms with Gasteiger partial charge >= 0.3 is 0 Å². The molecule has 2 aromatic rings. The van der Waals surface area contributed by atoms with Crippen LogP contribution in [0.3, 0.4) is 0 Å². The monoisotopic (exact) mass is 384 g/mol. The summed E-state index contributed by atoms with van der Waals surface area (Å²) < 4.78 is 0. The summed E-state index contributed by atoms with van der Waals surface area (Å²) in [7, 11) is 1.77. The number of benzene rings is 1. The van der Waals surface area contributed by atoms with E-state index in [0.29, 0.717) is 6.42 Å². The summed E-state index contributed by atoms with van der Waals surface area (Å²) in [5, 5.41) is 6.63. The van der Waals surface area contributed by atoms with Crippen LogP contribution >= 0.6 is 11.3 Å². The Morgan fingerprint density at radius 2 is 2.00 bits per heavy atom. The lowest BCUT2D eigenvalue weighted by Crippen LogP contribution is -2.37. The number of thiophene rings is 1. The number of nitrogens with zero attached hydrogens (tertiary/aromatic N) is 2. The standard InChI is InChI=1S/C21H28N4OS/c1-3-17-10-11-18(27-17)15-24-21(22-2)23-13-6-9-20(26)25-14-12-16-7-4-5-8-19(16)25/h4-5,7-8,10-11H,3,6,9,12-15H2,1-2H3,(H2,22,23,24). The summed E-state index contributed by atoms with van der Waals surface area (Å²) in [6.45, 7) is 4.47. The first kappa shape index (κ1) is 19.4. The lowest BCUT2D eigenvalue weighted by molar-refractivity contribution is -0.118. The number of fused-ring (bicyclic) bond motifs is 1. The van der Waals surface area contributed by atoms with E-state index in [-0.39, 0.29) is 5.91 Å². The van der Waals surface area contributed by atoms with Gasteiger partial charge < -0.3 is 15.5 Å². The number of amides is 1. The highest BCUT2D eigenvalue weighted by molar-refractivity contribution is 7.11. The Morgan fingerprint density at radius 3 is 2.78 bits per heavy atom. The van der Waals surface area contributed by atoms with Gasteiger partial charge in [-0.25, -0.2) is 0 Å². The van der Waals surface area contributed by atoms with Gasteiger partial charge in [-0.05, 0) is 43.0 Å². The van der Waals surface area contributed by atoms with Crippen LogP contribution in [0.25, 0.3) is 0 Å². The van der Waals surface area contributed by atoms with Crippen molar-refractivity contribution in [3.63, 3.8) is 0 Å². The van der Waals surface area contributed by atoms with Crippen LogP contribution in [-0.4, -0.2) is 32.0 Å². The average Bonchev–Trinajstić information content (AvgIpc) is 3.34. The highest BCUT2D eigenvalue weighted by Crippen LogP contribution is 2.27. The van der Waals surface area contributed by atoms with Crippen molar-refractivity contribution in [2.45, 2.75) is 39.2 Å². The topological polar surface area (TPSA) is 56.7 Å². The fourth-order valence-electron chi connectivity index (χ4n) is 3.28. The van der Waals surface area contributed by atoms with Crippen LogP contribution in [0.4, 0.5) is 5.69 Å². The van der Waals surface area contributed by atoms with Crippen LogP contribution in [0.5, 0.6) is 0 Å². The Balaban J connectivity index is 1.38. The number of nitrogens with one attached hydrogen (secondary N) is 2. The third-order valence-electron chi connectivity index (χ3n) is 4.77. The van der Waals surface area contributed by atoms with Gasteiger partial charge in [0.15, 0.2) is 5.96 Å². The number of aryl methyl sites for hydroxylation is 1. The minimum Gasteiger partial charge on any atom is -0.356 e. The zero-order chi connectivity index (χ0) is 19.1. The number of hydrogen-bond acceptors (Lipinski definition) is 3. The lowest BCUT2D eigenvalue weighted by atomic mass is 10.2. The summed E-state index contributed by atoms with van der Waals surface area (Å²) in [6.07, 6.45) is 3.37. The van der Waals surface area contributed by atoms with Gasteiger partial charge in [0.25, 0.3) is 0 Å². The number of aliphatic imine (C=N–C) groups is 1. The molecule has 0 radical (unpaired) electrons. The predicted molar refractivity (Wildman–Crippen MR) is 114 cm³/mol. The van der Waals surface area contributed by atoms with Gasteiger partial charge in [-0.1, -0.05) is 25.1 Å². The van der Waals surface area contributed by atoms with Crippen molar-refractivity contribution in [3.05, 3.63) is 51.7 Å². The van der Waals surface area contributed by atoms with E-state index in [2.05, 4.69) is 40.7 Å². The fourth-order valence-corrected chi connectivity index (χ4v) is 4.18. The van der Waals surface area contributed by atoms with Crippen LogP contribution in [0.15, 0.2) is 41.4 Å². The molecule has 6 heteroatoms. The second kappa shape index (κ2) is 9.55. The molecule has 144 valence electrons. The largest absolute Gasteiger partial charge is 0.356 e. The number of hydrogen-bond donors (Lipinski definition) is 2. The smallest absolute Gasteiger partial charge is 0.227 e. The molecule has 2 heterocycles. The van der Waals surface area contributed by atoms with Crippen molar-refractivity contribution < 1.29 is 4.79 Å². The van der Waals surface area contributed by atoms with E-state index in [1.54, 1.807) is 7.05 Å². The predicted octanol–water partition coefficient (Wildman–Crippen LogP) is 3.35. The summed E-state index contributed by atoms with van der Waals surface area (Å²) in [4.78, 5) is 21.4. The molecule has 0 saturated heterocycles. The first-order valence-corrected chi connectivity index (χ1v) is 10.4. The zero-order valence-electron chi connectivity index (χ0n) is 16.1. The van der Waals surface area contributed by atoms with Gasteiger partial charge in [0.1, 0.15) is 0 Å². The van der Waals surface area contributed by atoms with Crippen LogP contribution in [0.2, 0.25) is 0 Å². The average molecular weight is 385 g/mol. The molecule has 2 N–H and O–H groups in total. The molecule has 1 amide bonds. The molecule has 0 aliphatic carbocycles. The number of rotatable bonds is 7. The quantitative estimate of drug-likeness (QED) is 0.437. The summed E-state index contributed by atoms with van der Waals surface area (Å²) in [5.74, 6) is 0.982. The second-order valence-corrected chi connectivity index (χ2v) is 7.85. The van der Waals surface area contributed by atoms with Crippen molar-refractivity contribution >= 4 is 28.9 Å². The SMILES string of the molecule is CCc1ccc(CNC(=NC)NCCCC(=O)N2CCc3ccccc32)s1. The molecule has 0 unspecified atom stereocenters. The van der Waals surface area contributed by atoms with Crippen LogP contribution in [0.1, 0.15) is 35.1 Å². The summed E-state index contributed by atoms with van der Waals surface area (Å²) >= 11 is 1.83. The molecule has 1 aliphatic rings. The molecule has 0 atom stereocenters. The number of carbonyl (C=O) groups excluding carboxylic acids is 1. The third-order valence-corrected chi connectivity index (χ3v) is 6.00. The molecular formula is C21H28N4OS. The van der Waals surface area contributed by atoms with Gasteiger partial charge in [-0.3, -0.25) is 9.79 Å². The first-order chi connectivity index (χ1) is 13.2. The van der Waals surface area contributed by atoms with E-state index in [1.165, 1.54) is 15.3 Å². The Labute approximate surface area is 165 Å². The highest BCUT2D eigenvalue weighted by Gasteiger charge is 2.23. The van der Waals surface area contributed by atoms with Gasteiger partial charge in [0.2, 0.25) is 5.91 Å². The molecule has 27 heavy (non-hydrogen) atoms. The van der Waals surface area contributed by atoms with E-state index in [1.807, 2.05) is 34.4 Å². The molecule has 0 fully saturated rings. The minimum absolute atomic E-state index is 0.204. The fraction of sp³-hybridized carbons (Fsp3) is 0.429. The van der Waals surface area contributed by atoms with E-state index < -0.39 is 0 Å². The van der Waals surface area contributed by atoms with Crippen molar-refractivity contribution in [2.24, 2.45) is 4.99 Å². The van der Waals surface area contributed by atoms with Gasteiger partial charge in [-0.2, -0.15) is 0 Å². The molecule has 5 nitrogen and oxygen atoms in total. The Bertz CT molecular complexity index is 799. The number of anilines is 1. The Kier molecular flexibility index (Phi) is 6.87. The zero-order valence-corrected chi connectivity index (χ0v) is 16.9. The van der Waals surface area contributed by atoms with Crippen molar-refractivity contribution in [2.75, 3.05) is 25.0 Å². The Morgan fingerprint density at radius 1 is 1.19 bits per heavy atom. The van der Waals surface area contributed by atoms with Crippen molar-refractivity contribution in [1.29, 1.82) is 0 Å². The molecule has 1 aliphatic heterocycles. The van der Waals surface area contributed by atoms with Crippen LogP contribution in [-0.2, 0) is 24.2 Å². The molecule has 0 spiro atoms. The number of para-hydroxylation sites is 1. The van der Waals surface area contributed by atoms with Gasteiger partial charge in [0, 0.05) is 42.0 Å². The molecule has 1 aromatic heterocycles. The van der Waals surface area contributed by atoms with Crippen LogP contribution in [0, 0.1) is 0 Å². The first-order valence-electron chi connectivity index (χ1n) is 9.61.